The van der Waals surface area contributed by atoms with Gasteiger partial charge in [0.2, 0.25) is 0 Å². The maximum absolute atomic E-state index is 13.2. The van der Waals surface area contributed by atoms with Crippen molar-refractivity contribution in [3.63, 3.8) is 0 Å². The quantitative estimate of drug-likeness (QED) is 0.184. The van der Waals surface area contributed by atoms with Gasteiger partial charge in [0.15, 0.2) is 11.5 Å². The van der Waals surface area contributed by atoms with Gasteiger partial charge in [0.1, 0.15) is 24.8 Å². The summed E-state index contributed by atoms with van der Waals surface area (Å²) in [6.45, 7) is 1.29. The zero-order chi connectivity index (χ0) is 29.8. The van der Waals surface area contributed by atoms with Gasteiger partial charge in [-0.25, -0.2) is 4.39 Å². The second-order valence-corrected chi connectivity index (χ2v) is 10.6. The number of rotatable bonds is 10. The maximum atomic E-state index is 13.2. The van der Waals surface area contributed by atoms with Gasteiger partial charge in [0.25, 0.3) is 0 Å². The average molecular weight is 577 g/mol. The molecule has 0 amide bonds. The Kier molecular flexibility index (Phi) is 8.11. The van der Waals surface area contributed by atoms with Gasteiger partial charge in [-0.2, -0.15) is 0 Å². The van der Waals surface area contributed by atoms with E-state index in [0.29, 0.717) is 49.1 Å². The summed E-state index contributed by atoms with van der Waals surface area (Å²) >= 11 is 0. The van der Waals surface area contributed by atoms with E-state index in [-0.39, 0.29) is 11.9 Å². The van der Waals surface area contributed by atoms with Gasteiger partial charge in [-0.15, -0.1) is 0 Å². The summed E-state index contributed by atoms with van der Waals surface area (Å²) in [5.74, 6) is 1.66. The number of methoxy groups -OCH3 is 1. The van der Waals surface area contributed by atoms with Crippen LogP contribution < -0.4 is 30.6 Å². The number of halogens is 1. The number of fused-ring (bicyclic) bond motifs is 2. The molecule has 0 fully saturated rings. The van der Waals surface area contributed by atoms with Crippen LogP contribution in [-0.4, -0.2) is 24.7 Å². The molecule has 7 nitrogen and oxygen atoms in total. The van der Waals surface area contributed by atoms with Crippen molar-refractivity contribution in [1.29, 1.82) is 0 Å². The maximum Gasteiger partial charge on any atom is 0.169 e. The van der Waals surface area contributed by atoms with Gasteiger partial charge >= 0.3 is 0 Å². The molecule has 0 saturated heterocycles. The molecule has 0 aliphatic carbocycles. The molecule has 1 aliphatic heterocycles. The Labute approximate surface area is 250 Å². The number of ether oxygens (including phenoxy) is 3. The largest absolute Gasteiger partial charge is 0.493 e. The van der Waals surface area contributed by atoms with Crippen molar-refractivity contribution in [3.05, 3.63) is 126 Å². The van der Waals surface area contributed by atoms with E-state index in [0.717, 1.165) is 38.7 Å². The van der Waals surface area contributed by atoms with E-state index in [1.54, 1.807) is 31.6 Å². The minimum atomic E-state index is -0.265. The molecule has 0 spiro atoms. The fourth-order valence-electron chi connectivity index (χ4n) is 5.30. The Hall–Kier alpha value is -5.08. The summed E-state index contributed by atoms with van der Waals surface area (Å²) in [7, 11) is 1.64. The molecule has 1 aromatic heterocycles. The van der Waals surface area contributed by atoms with Gasteiger partial charge in [0, 0.05) is 46.9 Å². The molecule has 5 aromatic rings. The Morgan fingerprint density at radius 3 is 2.53 bits per heavy atom. The molecule has 8 heteroatoms. The molecule has 0 bridgehead atoms. The highest BCUT2D eigenvalue weighted by atomic mass is 19.1. The lowest BCUT2D eigenvalue weighted by atomic mass is 9.95. The van der Waals surface area contributed by atoms with E-state index in [9.17, 15) is 4.39 Å². The van der Waals surface area contributed by atoms with Crippen molar-refractivity contribution >= 4 is 28.2 Å². The molecule has 4 N–H and O–H groups in total. The lowest BCUT2D eigenvalue weighted by Gasteiger charge is -2.27. The normalized spacial score (nSPS) is 13.0. The van der Waals surface area contributed by atoms with Crippen LogP contribution in [0.25, 0.3) is 16.8 Å². The summed E-state index contributed by atoms with van der Waals surface area (Å²) in [5, 5.41) is 1.81. The van der Waals surface area contributed by atoms with Crippen molar-refractivity contribution < 1.29 is 18.6 Å². The highest BCUT2D eigenvalue weighted by molar-refractivity contribution is 6.03. The number of benzene rings is 4. The van der Waals surface area contributed by atoms with E-state index < -0.39 is 0 Å². The standard InChI is InChI=1S/C35H33FN4O3/c1-41-33-12-11-31-32(35(33)43-21-24-5-3-2-4-6-24)16-25-20-40(14-13-30(25)34(31)38)28-17-29(19-39-18-28)42-22-27(37)15-23-7-9-26(36)10-8-23/h2-14,16-19,27H,15,20-22,37-38H2,1H3/t27-/m1/s1. The number of pyridine rings is 1. The topological polar surface area (TPSA) is 95.9 Å². The summed E-state index contributed by atoms with van der Waals surface area (Å²) in [4.78, 5) is 6.49. The molecule has 0 radical (unpaired) electrons. The predicted octanol–water partition coefficient (Wildman–Crippen LogP) is 6.48. The lowest BCUT2D eigenvalue weighted by Crippen LogP contribution is -2.30. The Morgan fingerprint density at radius 2 is 1.74 bits per heavy atom. The van der Waals surface area contributed by atoms with Gasteiger partial charge in [-0.3, -0.25) is 4.98 Å². The van der Waals surface area contributed by atoms with Crippen LogP contribution in [0, 0.1) is 5.82 Å². The molecule has 6 rings (SSSR count). The molecule has 43 heavy (non-hydrogen) atoms. The molecular formula is C35H33FN4O3. The van der Waals surface area contributed by atoms with Gasteiger partial charge in [-0.05, 0) is 59.5 Å². The molecule has 0 saturated carbocycles. The third-order valence-corrected chi connectivity index (χ3v) is 7.52. The smallest absolute Gasteiger partial charge is 0.169 e. The summed E-state index contributed by atoms with van der Waals surface area (Å²) in [6.07, 6.45) is 8.07. The number of hydrogen-bond donors (Lipinski definition) is 2. The SMILES string of the molecule is COc1ccc2c(N)c3c(cc2c1OCc1ccccc1)CN(c1cncc(OC[C@H](N)Cc2ccc(F)cc2)c1)C=C3. The van der Waals surface area contributed by atoms with Gasteiger partial charge in [-0.1, -0.05) is 42.5 Å². The minimum Gasteiger partial charge on any atom is -0.493 e. The number of nitrogens with zero attached hydrogens (tertiary/aromatic N) is 2. The predicted molar refractivity (Wildman–Crippen MR) is 169 cm³/mol. The number of nitrogens with two attached hydrogens (primary N) is 2. The van der Waals surface area contributed by atoms with E-state index in [4.69, 9.17) is 25.7 Å². The zero-order valence-electron chi connectivity index (χ0n) is 23.9. The van der Waals surface area contributed by atoms with Crippen LogP contribution in [0.15, 0.2) is 97.5 Å². The highest BCUT2D eigenvalue weighted by Gasteiger charge is 2.21. The lowest BCUT2D eigenvalue weighted by molar-refractivity contribution is 0.286. The first-order valence-corrected chi connectivity index (χ1v) is 14.1. The van der Waals surface area contributed by atoms with Crippen LogP contribution in [0.5, 0.6) is 17.2 Å². The average Bonchev–Trinajstić information content (AvgIpc) is 3.04. The van der Waals surface area contributed by atoms with Crippen molar-refractivity contribution in [2.75, 3.05) is 24.4 Å². The van der Waals surface area contributed by atoms with Crippen LogP contribution in [0.3, 0.4) is 0 Å². The van der Waals surface area contributed by atoms with Crippen molar-refractivity contribution in [2.45, 2.75) is 25.6 Å². The van der Waals surface area contributed by atoms with Gasteiger partial charge < -0.3 is 30.6 Å². The molecule has 0 unspecified atom stereocenters. The van der Waals surface area contributed by atoms with Gasteiger partial charge in [0.05, 0.1) is 25.2 Å². The number of nitrogen functional groups attached to an aromatic ring is 1. The second-order valence-electron chi connectivity index (χ2n) is 10.6. The van der Waals surface area contributed by atoms with Crippen molar-refractivity contribution in [3.8, 4) is 17.2 Å². The third kappa shape index (κ3) is 6.24. The van der Waals surface area contributed by atoms with E-state index in [1.807, 2.05) is 60.8 Å². The summed E-state index contributed by atoms with van der Waals surface area (Å²) in [5.41, 5.74) is 18.6. The van der Waals surface area contributed by atoms with E-state index in [2.05, 4.69) is 16.0 Å². The Morgan fingerprint density at radius 1 is 0.930 bits per heavy atom. The van der Waals surface area contributed by atoms with Crippen LogP contribution in [-0.2, 0) is 19.6 Å². The minimum absolute atomic E-state index is 0.248. The van der Waals surface area contributed by atoms with E-state index >= 15 is 0 Å². The van der Waals surface area contributed by atoms with Crippen LogP contribution in [0.4, 0.5) is 15.8 Å². The highest BCUT2D eigenvalue weighted by Crippen LogP contribution is 2.42. The first-order chi connectivity index (χ1) is 21.0. The fourth-order valence-corrected chi connectivity index (χ4v) is 5.30. The van der Waals surface area contributed by atoms with Crippen LogP contribution >= 0.6 is 0 Å². The molecule has 1 atom stereocenters. The summed E-state index contributed by atoms with van der Waals surface area (Å²) < 4.78 is 31.2. The Balaban J connectivity index is 1.21. The first-order valence-electron chi connectivity index (χ1n) is 14.1. The summed E-state index contributed by atoms with van der Waals surface area (Å²) in [6, 6.07) is 24.1. The van der Waals surface area contributed by atoms with Crippen molar-refractivity contribution in [1.82, 2.24) is 4.98 Å². The number of hydrogen-bond acceptors (Lipinski definition) is 7. The van der Waals surface area contributed by atoms with E-state index in [1.165, 1.54) is 12.1 Å². The molecular weight excluding hydrogens is 543 g/mol. The molecule has 218 valence electrons. The van der Waals surface area contributed by atoms with Crippen molar-refractivity contribution in [2.24, 2.45) is 5.73 Å². The Bertz CT molecular complexity index is 1760. The fraction of sp³-hybridized carbons (Fsp3) is 0.171. The number of anilines is 2. The molecule has 1 aliphatic rings. The monoisotopic (exact) mass is 576 g/mol. The zero-order valence-corrected chi connectivity index (χ0v) is 23.9. The van der Waals surface area contributed by atoms with Crippen LogP contribution in [0.2, 0.25) is 0 Å². The third-order valence-electron chi connectivity index (χ3n) is 7.52. The molecule has 4 aromatic carbocycles. The molecule has 2 heterocycles. The second kappa shape index (κ2) is 12.4. The first kappa shape index (κ1) is 28.1. The van der Waals surface area contributed by atoms with Crippen LogP contribution in [0.1, 0.15) is 22.3 Å². The number of aromatic nitrogens is 1.